The fourth-order valence-corrected chi connectivity index (χ4v) is 6.79. The van der Waals surface area contributed by atoms with Gasteiger partial charge in [-0.3, -0.25) is 0 Å². The average Bonchev–Trinajstić information content (AvgIpc) is 3.25. The first-order valence-electron chi connectivity index (χ1n) is 12.8. The Labute approximate surface area is 213 Å². The molecule has 2 aliphatic carbocycles. The lowest BCUT2D eigenvalue weighted by Crippen LogP contribution is -2.74. The molecule has 0 spiro atoms. The highest BCUT2D eigenvalue weighted by atomic mass is 16.6. The molecule has 0 radical (unpaired) electrons. The van der Waals surface area contributed by atoms with E-state index in [2.05, 4.69) is 0 Å². The van der Waals surface area contributed by atoms with Crippen LogP contribution < -0.4 is 0 Å². The second-order valence-corrected chi connectivity index (χ2v) is 11.1. The van der Waals surface area contributed by atoms with Crippen molar-refractivity contribution in [2.45, 2.75) is 77.3 Å². The molecule has 2 saturated carbocycles. The van der Waals surface area contributed by atoms with Crippen molar-refractivity contribution in [1.82, 2.24) is 0 Å². The first kappa shape index (κ1) is 26.6. The van der Waals surface area contributed by atoms with Crippen molar-refractivity contribution >= 4 is 11.9 Å². The summed E-state index contributed by atoms with van der Waals surface area (Å²) in [6.07, 6.45) is 5.03. The van der Waals surface area contributed by atoms with Gasteiger partial charge in [0.15, 0.2) is 0 Å². The largest absolute Gasteiger partial charge is 0.458 e. The maximum atomic E-state index is 13.2. The molecule has 1 aliphatic heterocycles. The van der Waals surface area contributed by atoms with Gasteiger partial charge in [0.05, 0.1) is 17.3 Å². The molecule has 7 unspecified atom stereocenters. The van der Waals surface area contributed by atoms with Gasteiger partial charge >= 0.3 is 11.9 Å². The Balaban J connectivity index is 1.80. The highest BCUT2D eigenvalue weighted by molar-refractivity contribution is 5.89. The first-order valence-corrected chi connectivity index (χ1v) is 12.8. The fraction of sp³-hybridized carbons (Fsp3) is 0.586. The molecule has 7 nitrogen and oxygen atoms in total. The zero-order chi connectivity index (χ0) is 26.4. The van der Waals surface area contributed by atoms with Gasteiger partial charge in [-0.15, -0.1) is 0 Å². The molecule has 1 heterocycles. The van der Waals surface area contributed by atoms with Crippen LogP contribution in [0.15, 0.2) is 54.1 Å². The van der Waals surface area contributed by atoms with E-state index in [1.807, 2.05) is 45.9 Å². The lowest BCUT2D eigenvalue weighted by molar-refractivity contribution is -0.300. The van der Waals surface area contributed by atoms with Gasteiger partial charge in [-0.25, -0.2) is 9.59 Å². The Morgan fingerprint density at radius 2 is 1.86 bits per heavy atom. The van der Waals surface area contributed by atoms with Gasteiger partial charge in [-0.05, 0) is 57.2 Å². The summed E-state index contributed by atoms with van der Waals surface area (Å²) in [7, 11) is 0. The molecule has 1 aromatic rings. The van der Waals surface area contributed by atoms with Crippen LogP contribution in [0.25, 0.3) is 0 Å². The summed E-state index contributed by atoms with van der Waals surface area (Å²) < 4.78 is 17.5. The van der Waals surface area contributed by atoms with Crippen LogP contribution in [-0.2, 0) is 19.0 Å². The summed E-state index contributed by atoms with van der Waals surface area (Å²) in [5.41, 5.74) is -2.72. The van der Waals surface area contributed by atoms with E-state index in [0.29, 0.717) is 25.0 Å². The molecule has 196 valence electrons. The molecule has 1 aromatic carbocycles. The number of esters is 2. The van der Waals surface area contributed by atoms with Crippen LogP contribution in [0.4, 0.5) is 0 Å². The average molecular weight is 499 g/mol. The topological polar surface area (TPSA) is 102 Å². The second-order valence-electron chi connectivity index (χ2n) is 11.1. The van der Waals surface area contributed by atoms with E-state index in [0.717, 1.165) is 5.57 Å². The molecule has 2 fully saturated rings. The number of cyclic esters (lactones) is 1. The third-order valence-electron chi connectivity index (χ3n) is 9.33. The number of benzene rings is 1. The number of hydrogen-bond donors (Lipinski definition) is 2. The Bertz CT molecular complexity index is 1060. The summed E-state index contributed by atoms with van der Waals surface area (Å²) >= 11 is 0. The Hall–Kier alpha value is -2.48. The minimum absolute atomic E-state index is 0.156. The molecule has 0 saturated heterocycles. The van der Waals surface area contributed by atoms with E-state index >= 15 is 0 Å². The van der Waals surface area contributed by atoms with Gasteiger partial charge in [0.2, 0.25) is 0 Å². The van der Waals surface area contributed by atoms with Crippen LogP contribution in [0.3, 0.4) is 0 Å². The molecule has 2 N–H and O–H groups in total. The van der Waals surface area contributed by atoms with Crippen molar-refractivity contribution in [1.29, 1.82) is 0 Å². The van der Waals surface area contributed by atoms with E-state index in [4.69, 9.17) is 14.2 Å². The van der Waals surface area contributed by atoms with Crippen molar-refractivity contribution in [3.05, 3.63) is 59.7 Å². The first-order chi connectivity index (χ1) is 16.9. The second kappa shape index (κ2) is 9.43. The molecular weight excluding hydrogens is 460 g/mol. The van der Waals surface area contributed by atoms with Crippen molar-refractivity contribution < 1.29 is 34.0 Å². The van der Waals surface area contributed by atoms with Crippen molar-refractivity contribution in [2.75, 3.05) is 13.2 Å². The Kier molecular flexibility index (Phi) is 6.97. The quantitative estimate of drug-likeness (QED) is 0.572. The van der Waals surface area contributed by atoms with E-state index in [-0.39, 0.29) is 24.9 Å². The predicted octanol–water partition coefficient (Wildman–Crippen LogP) is 3.98. The van der Waals surface area contributed by atoms with Crippen molar-refractivity contribution in [3.8, 4) is 0 Å². The standard InChI is InChI=1S/C29H38O7/c1-6-35-29(5)22(30)13-12-21-26(2,15-14-19-16-24(31)34-18-19)27(3,33)17-23(28(21,29)4)36-25(32)20-10-8-7-9-11-20/h7-11,14-16,21-23,30,33H,6,12-13,17-18H2,1-5H3. The predicted molar refractivity (Wildman–Crippen MR) is 134 cm³/mol. The third kappa shape index (κ3) is 4.11. The molecule has 0 aromatic heterocycles. The fourth-order valence-electron chi connectivity index (χ4n) is 6.79. The molecule has 0 bridgehead atoms. The molecule has 0 amide bonds. The van der Waals surface area contributed by atoms with Crippen LogP contribution in [0, 0.1) is 16.7 Å². The summed E-state index contributed by atoms with van der Waals surface area (Å²) in [6.45, 7) is 10.1. The number of fused-ring (bicyclic) bond motifs is 1. The molecule has 7 heteroatoms. The van der Waals surface area contributed by atoms with E-state index < -0.39 is 40.2 Å². The van der Waals surface area contributed by atoms with Gasteiger partial charge in [0.1, 0.15) is 18.3 Å². The highest BCUT2D eigenvalue weighted by Gasteiger charge is 2.71. The number of rotatable bonds is 6. The van der Waals surface area contributed by atoms with Gasteiger partial charge in [0, 0.05) is 29.9 Å². The van der Waals surface area contributed by atoms with Gasteiger partial charge in [-0.2, -0.15) is 0 Å². The monoisotopic (exact) mass is 498 g/mol. The van der Waals surface area contributed by atoms with E-state index in [9.17, 15) is 19.8 Å². The molecular formula is C29H38O7. The summed E-state index contributed by atoms with van der Waals surface area (Å²) in [6, 6.07) is 8.79. The number of carbonyl (C=O) groups is 2. The van der Waals surface area contributed by atoms with Gasteiger partial charge in [0.25, 0.3) is 0 Å². The lowest BCUT2D eigenvalue weighted by atomic mass is 9.41. The Morgan fingerprint density at radius 1 is 1.17 bits per heavy atom. The van der Waals surface area contributed by atoms with Crippen LogP contribution in [0.1, 0.15) is 64.2 Å². The van der Waals surface area contributed by atoms with Crippen LogP contribution in [0.2, 0.25) is 0 Å². The number of carbonyl (C=O) groups excluding carboxylic acids is 2. The molecule has 4 rings (SSSR count). The number of aliphatic hydroxyl groups excluding tert-OH is 1. The third-order valence-corrected chi connectivity index (χ3v) is 9.33. The smallest absolute Gasteiger partial charge is 0.338 e. The minimum atomic E-state index is -1.26. The SMILES string of the molecule is CCOC1(C)C(O)CCC2C(C)(C=CC3=CC(=O)OC3)C(C)(O)CC(OC(=O)c3ccccc3)C21C. The summed E-state index contributed by atoms with van der Waals surface area (Å²) in [5, 5.41) is 23.2. The van der Waals surface area contributed by atoms with Gasteiger partial charge < -0.3 is 24.4 Å². The van der Waals surface area contributed by atoms with Gasteiger partial charge in [-0.1, -0.05) is 44.2 Å². The zero-order valence-corrected chi connectivity index (χ0v) is 21.8. The van der Waals surface area contributed by atoms with E-state index in [1.54, 1.807) is 31.2 Å². The normalized spacial score (nSPS) is 40.5. The molecule has 7 atom stereocenters. The summed E-state index contributed by atoms with van der Waals surface area (Å²) in [5.74, 6) is -1.06. The zero-order valence-electron chi connectivity index (χ0n) is 21.8. The van der Waals surface area contributed by atoms with Crippen molar-refractivity contribution in [2.24, 2.45) is 16.7 Å². The minimum Gasteiger partial charge on any atom is -0.458 e. The lowest BCUT2D eigenvalue weighted by Gasteiger charge is -2.67. The number of aliphatic hydroxyl groups is 2. The highest BCUT2D eigenvalue weighted by Crippen LogP contribution is 2.66. The molecule has 36 heavy (non-hydrogen) atoms. The molecule has 3 aliphatic rings. The van der Waals surface area contributed by atoms with Crippen LogP contribution >= 0.6 is 0 Å². The Morgan fingerprint density at radius 3 is 2.47 bits per heavy atom. The van der Waals surface area contributed by atoms with E-state index in [1.165, 1.54) is 6.08 Å². The number of hydrogen-bond acceptors (Lipinski definition) is 7. The maximum absolute atomic E-state index is 13.2. The number of ether oxygens (including phenoxy) is 3. The summed E-state index contributed by atoms with van der Waals surface area (Å²) in [4.78, 5) is 24.8. The van der Waals surface area contributed by atoms with Crippen LogP contribution in [0.5, 0.6) is 0 Å². The van der Waals surface area contributed by atoms with Crippen molar-refractivity contribution in [3.63, 3.8) is 0 Å². The maximum Gasteiger partial charge on any atom is 0.338 e. The van der Waals surface area contributed by atoms with Crippen LogP contribution in [-0.4, -0.2) is 58.8 Å².